The third-order valence-electron chi connectivity index (χ3n) is 4.04. The molecule has 1 aromatic heterocycles. The smallest absolute Gasteiger partial charge is 0.279 e. The van der Waals surface area contributed by atoms with Crippen LogP contribution in [0.15, 0.2) is 54.0 Å². The zero-order chi connectivity index (χ0) is 17.3. The Balaban J connectivity index is 2.21. The number of carbonyl (C=O) groups excluding carboxylic acids is 1. The molecule has 1 heterocycles. The fourth-order valence-electron chi connectivity index (χ4n) is 2.80. The summed E-state index contributed by atoms with van der Waals surface area (Å²) in [4.78, 5) is 17.8. The number of rotatable bonds is 3. The van der Waals surface area contributed by atoms with E-state index >= 15 is 0 Å². The van der Waals surface area contributed by atoms with Crippen LogP contribution in [-0.2, 0) is 6.54 Å². The second-order valence-electron chi connectivity index (χ2n) is 5.94. The monoisotopic (exact) mass is 336 g/mol. The molecule has 0 unspecified atom stereocenters. The van der Waals surface area contributed by atoms with Crippen LogP contribution in [0.4, 0.5) is 0 Å². The van der Waals surface area contributed by atoms with Gasteiger partial charge in [0.05, 0.1) is 10.2 Å². The lowest BCUT2D eigenvalue weighted by molar-refractivity contribution is 0.0997. The Morgan fingerprint density at radius 1 is 1.21 bits per heavy atom. The van der Waals surface area contributed by atoms with Crippen molar-refractivity contribution in [1.82, 2.24) is 4.57 Å². The van der Waals surface area contributed by atoms with Crippen LogP contribution in [-0.4, -0.2) is 10.5 Å². The standard InChI is InChI=1S/C20H20N2OS/c1-5-11-22-18-15(4)7-6-8-17(18)24-20(22)21-19(23)16-12-13(2)9-10-14(16)3/h5-10,12H,1,11H2,2-4H3. The minimum Gasteiger partial charge on any atom is -0.312 e. The van der Waals surface area contributed by atoms with Crippen molar-refractivity contribution in [3.63, 3.8) is 0 Å². The predicted molar refractivity (Wildman–Crippen MR) is 101 cm³/mol. The second kappa shape index (κ2) is 6.57. The molecule has 122 valence electrons. The molecule has 0 saturated carbocycles. The van der Waals surface area contributed by atoms with E-state index in [0.717, 1.165) is 21.3 Å². The number of thiazole rings is 1. The molecule has 1 amide bonds. The van der Waals surface area contributed by atoms with Gasteiger partial charge in [-0.25, -0.2) is 0 Å². The van der Waals surface area contributed by atoms with Crippen LogP contribution in [0.3, 0.4) is 0 Å². The van der Waals surface area contributed by atoms with Crippen LogP contribution in [0.1, 0.15) is 27.0 Å². The van der Waals surface area contributed by atoms with Crippen molar-refractivity contribution < 1.29 is 4.79 Å². The summed E-state index contributed by atoms with van der Waals surface area (Å²) in [7, 11) is 0. The van der Waals surface area contributed by atoms with Gasteiger partial charge in [-0.2, -0.15) is 4.99 Å². The SMILES string of the molecule is C=CCn1c(=NC(=O)c2cc(C)ccc2C)sc2cccc(C)c21. The van der Waals surface area contributed by atoms with Gasteiger partial charge in [0.1, 0.15) is 0 Å². The van der Waals surface area contributed by atoms with Crippen LogP contribution in [0, 0.1) is 20.8 Å². The molecule has 0 bridgehead atoms. The molecule has 0 atom stereocenters. The summed E-state index contributed by atoms with van der Waals surface area (Å²) >= 11 is 1.54. The number of aromatic nitrogens is 1. The molecule has 0 saturated heterocycles. The van der Waals surface area contributed by atoms with Crippen LogP contribution < -0.4 is 4.80 Å². The Labute approximate surface area is 145 Å². The van der Waals surface area contributed by atoms with E-state index in [1.54, 1.807) is 0 Å². The molecule has 0 fully saturated rings. The Morgan fingerprint density at radius 2 is 2.00 bits per heavy atom. The van der Waals surface area contributed by atoms with E-state index in [4.69, 9.17) is 0 Å². The van der Waals surface area contributed by atoms with Gasteiger partial charge in [0.15, 0.2) is 4.80 Å². The van der Waals surface area contributed by atoms with Gasteiger partial charge in [-0.05, 0) is 44.0 Å². The Hall–Kier alpha value is -2.46. The fourth-order valence-corrected chi connectivity index (χ4v) is 3.92. The van der Waals surface area contributed by atoms with Gasteiger partial charge in [-0.15, -0.1) is 6.58 Å². The molecule has 0 aliphatic heterocycles. The number of benzene rings is 2. The minimum absolute atomic E-state index is 0.196. The van der Waals surface area contributed by atoms with Gasteiger partial charge in [0, 0.05) is 12.1 Å². The predicted octanol–water partition coefficient (Wildman–Crippen LogP) is 4.56. The average molecular weight is 336 g/mol. The first-order valence-corrected chi connectivity index (χ1v) is 8.69. The summed E-state index contributed by atoms with van der Waals surface area (Å²) in [6.45, 7) is 10.5. The van der Waals surface area contributed by atoms with Crippen LogP contribution in [0.5, 0.6) is 0 Å². The van der Waals surface area contributed by atoms with Crippen molar-refractivity contribution in [3.05, 3.63) is 76.1 Å². The zero-order valence-corrected chi connectivity index (χ0v) is 15.0. The number of nitrogens with zero attached hydrogens (tertiary/aromatic N) is 2. The summed E-state index contributed by atoms with van der Waals surface area (Å²) in [5.74, 6) is -0.196. The third-order valence-corrected chi connectivity index (χ3v) is 5.08. The molecule has 3 aromatic rings. The topological polar surface area (TPSA) is 34.4 Å². The summed E-state index contributed by atoms with van der Waals surface area (Å²) in [6.07, 6.45) is 1.83. The molecule has 2 aromatic carbocycles. The van der Waals surface area contributed by atoms with Crippen LogP contribution in [0.25, 0.3) is 10.2 Å². The number of allylic oxidation sites excluding steroid dienone is 1. The van der Waals surface area contributed by atoms with E-state index in [0.29, 0.717) is 16.9 Å². The van der Waals surface area contributed by atoms with Crippen molar-refractivity contribution in [2.75, 3.05) is 0 Å². The summed E-state index contributed by atoms with van der Waals surface area (Å²) in [5, 5.41) is 0. The number of hydrogen-bond donors (Lipinski definition) is 0. The molecule has 3 rings (SSSR count). The van der Waals surface area contributed by atoms with Crippen molar-refractivity contribution in [2.45, 2.75) is 27.3 Å². The Kier molecular flexibility index (Phi) is 4.49. The maximum Gasteiger partial charge on any atom is 0.279 e. The van der Waals surface area contributed by atoms with Gasteiger partial charge in [0.25, 0.3) is 5.91 Å². The van der Waals surface area contributed by atoms with E-state index in [1.165, 1.54) is 16.9 Å². The maximum atomic E-state index is 12.7. The van der Waals surface area contributed by atoms with E-state index in [1.807, 2.05) is 44.2 Å². The second-order valence-corrected chi connectivity index (χ2v) is 6.95. The molecular formula is C20H20N2OS. The highest BCUT2D eigenvalue weighted by atomic mass is 32.1. The normalized spacial score (nSPS) is 11.9. The van der Waals surface area contributed by atoms with Gasteiger partial charge >= 0.3 is 0 Å². The van der Waals surface area contributed by atoms with E-state index in [2.05, 4.69) is 35.2 Å². The third kappa shape index (κ3) is 2.97. The van der Waals surface area contributed by atoms with Crippen LogP contribution in [0.2, 0.25) is 0 Å². The number of hydrogen-bond acceptors (Lipinski definition) is 2. The van der Waals surface area contributed by atoms with E-state index in [-0.39, 0.29) is 5.91 Å². The molecule has 3 nitrogen and oxygen atoms in total. The summed E-state index contributed by atoms with van der Waals surface area (Å²) in [6, 6.07) is 12.0. The first-order chi connectivity index (χ1) is 11.5. The number of amides is 1. The lowest BCUT2D eigenvalue weighted by Crippen LogP contribution is -2.17. The van der Waals surface area contributed by atoms with Gasteiger partial charge < -0.3 is 4.57 Å². The Morgan fingerprint density at radius 3 is 2.75 bits per heavy atom. The highest BCUT2D eigenvalue weighted by Gasteiger charge is 2.11. The van der Waals surface area contributed by atoms with Gasteiger partial charge in [0.2, 0.25) is 0 Å². The van der Waals surface area contributed by atoms with Gasteiger partial charge in [-0.1, -0.05) is 47.2 Å². The molecule has 0 aliphatic carbocycles. The molecule has 0 aliphatic rings. The van der Waals surface area contributed by atoms with Gasteiger partial charge in [-0.3, -0.25) is 4.79 Å². The minimum atomic E-state index is -0.196. The summed E-state index contributed by atoms with van der Waals surface area (Å²) < 4.78 is 3.19. The van der Waals surface area contributed by atoms with Crippen molar-refractivity contribution in [3.8, 4) is 0 Å². The lowest BCUT2D eigenvalue weighted by Gasteiger charge is -2.04. The van der Waals surface area contributed by atoms with Crippen molar-refractivity contribution >= 4 is 27.5 Å². The fraction of sp³-hybridized carbons (Fsp3) is 0.200. The maximum absolute atomic E-state index is 12.7. The molecule has 0 radical (unpaired) electrons. The van der Waals surface area contributed by atoms with Crippen molar-refractivity contribution in [2.24, 2.45) is 4.99 Å². The number of para-hydroxylation sites is 1. The molecule has 24 heavy (non-hydrogen) atoms. The Bertz CT molecular complexity index is 1010. The number of aryl methyl sites for hydroxylation is 3. The highest BCUT2D eigenvalue weighted by molar-refractivity contribution is 7.16. The molecule has 0 spiro atoms. The first-order valence-electron chi connectivity index (χ1n) is 7.87. The quantitative estimate of drug-likeness (QED) is 0.646. The number of carbonyl (C=O) groups is 1. The lowest BCUT2D eigenvalue weighted by atomic mass is 10.1. The average Bonchev–Trinajstić information content (AvgIpc) is 2.89. The molecular weight excluding hydrogens is 316 g/mol. The molecule has 0 N–H and O–H groups in total. The van der Waals surface area contributed by atoms with E-state index < -0.39 is 0 Å². The number of fused-ring (bicyclic) bond motifs is 1. The molecule has 4 heteroatoms. The van der Waals surface area contributed by atoms with E-state index in [9.17, 15) is 4.79 Å². The summed E-state index contributed by atoms with van der Waals surface area (Å²) in [5.41, 5.74) is 4.96. The first kappa shape index (κ1) is 16.4. The highest BCUT2D eigenvalue weighted by Crippen LogP contribution is 2.21. The van der Waals surface area contributed by atoms with Crippen LogP contribution >= 0.6 is 11.3 Å². The van der Waals surface area contributed by atoms with Crippen molar-refractivity contribution in [1.29, 1.82) is 0 Å². The zero-order valence-electron chi connectivity index (χ0n) is 14.2. The largest absolute Gasteiger partial charge is 0.312 e.